The van der Waals surface area contributed by atoms with E-state index >= 15 is 0 Å². The number of hydrogen-bond donors (Lipinski definition) is 0. The minimum atomic E-state index is -3.76. The van der Waals surface area contributed by atoms with Gasteiger partial charge in [-0.25, -0.2) is 12.8 Å². The van der Waals surface area contributed by atoms with Crippen LogP contribution in [0.2, 0.25) is 5.02 Å². The van der Waals surface area contributed by atoms with Crippen molar-refractivity contribution in [3.05, 3.63) is 53.3 Å². The summed E-state index contributed by atoms with van der Waals surface area (Å²) in [5, 5.41) is -0.0579. The highest BCUT2D eigenvalue weighted by Gasteiger charge is 2.09. The Hall–Kier alpha value is -1.30. The van der Waals surface area contributed by atoms with Gasteiger partial charge in [0, 0.05) is 16.7 Å². The van der Waals surface area contributed by atoms with E-state index in [0.717, 1.165) is 0 Å². The van der Waals surface area contributed by atoms with Crippen LogP contribution in [0, 0.1) is 5.82 Å². The summed E-state index contributed by atoms with van der Waals surface area (Å²) in [6.45, 7) is 0. The first kappa shape index (κ1) is 14.1. The van der Waals surface area contributed by atoms with Crippen LogP contribution in [-0.4, -0.2) is 8.42 Å². The van der Waals surface area contributed by atoms with Gasteiger partial charge in [-0.3, -0.25) is 0 Å². The molecule has 2 aromatic rings. The Morgan fingerprint density at radius 3 is 2.11 bits per heavy atom. The van der Waals surface area contributed by atoms with Gasteiger partial charge < -0.3 is 4.74 Å². The molecule has 0 saturated heterocycles. The number of rotatable bonds is 3. The van der Waals surface area contributed by atoms with Crippen LogP contribution in [0.5, 0.6) is 11.5 Å². The fourth-order valence-electron chi connectivity index (χ4n) is 1.35. The average Bonchev–Trinajstić information content (AvgIpc) is 2.33. The zero-order valence-electron chi connectivity index (χ0n) is 9.31. The van der Waals surface area contributed by atoms with Crippen molar-refractivity contribution in [2.75, 3.05) is 0 Å². The predicted molar refractivity (Wildman–Crippen MR) is 71.0 cm³/mol. The Balaban J connectivity index is 2.22. The normalized spacial score (nSPS) is 11.3. The van der Waals surface area contributed by atoms with Crippen LogP contribution in [-0.2, 0) is 9.05 Å². The van der Waals surface area contributed by atoms with Crippen LogP contribution in [0.4, 0.5) is 4.39 Å². The summed E-state index contributed by atoms with van der Waals surface area (Å²) < 4.78 is 40.4. The molecule has 2 aromatic carbocycles. The Kier molecular flexibility index (Phi) is 3.99. The molecule has 0 atom stereocenters. The lowest BCUT2D eigenvalue weighted by molar-refractivity contribution is 0.480. The maximum atomic E-state index is 13.0. The van der Waals surface area contributed by atoms with E-state index in [4.69, 9.17) is 27.0 Å². The first-order chi connectivity index (χ1) is 8.86. The summed E-state index contributed by atoms with van der Waals surface area (Å²) in [6.07, 6.45) is 0. The summed E-state index contributed by atoms with van der Waals surface area (Å²) in [7, 11) is 1.42. The topological polar surface area (TPSA) is 43.4 Å². The molecule has 0 radical (unpaired) electrons. The van der Waals surface area contributed by atoms with Crippen molar-refractivity contribution in [3.63, 3.8) is 0 Å². The molecule has 0 spiro atoms. The lowest BCUT2D eigenvalue weighted by atomic mass is 10.3. The van der Waals surface area contributed by atoms with Crippen molar-refractivity contribution < 1.29 is 17.5 Å². The van der Waals surface area contributed by atoms with Gasteiger partial charge in [-0.15, -0.1) is 0 Å². The van der Waals surface area contributed by atoms with Gasteiger partial charge in [0.2, 0.25) is 0 Å². The molecule has 19 heavy (non-hydrogen) atoms. The van der Waals surface area contributed by atoms with E-state index in [1.165, 1.54) is 42.5 Å². The molecule has 0 unspecified atom stereocenters. The molecule has 0 aromatic heterocycles. The Morgan fingerprint density at radius 2 is 1.58 bits per heavy atom. The van der Waals surface area contributed by atoms with E-state index in [-0.39, 0.29) is 9.92 Å². The molecule has 0 N–H and O–H groups in total. The minimum absolute atomic E-state index is 0.0290. The van der Waals surface area contributed by atoms with Crippen LogP contribution in [0.25, 0.3) is 0 Å². The molecule has 0 heterocycles. The second-order valence-corrected chi connectivity index (χ2v) is 6.56. The quantitative estimate of drug-likeness (QED) is 0.796. The van der Waals surface area contributed by atoms with E-state index < -0.39 is 14.9 Å². The van der Waals surface area contributed by atoms with Gasteiger partial charge >= 0.3 is 0 Å². The highest BCUT2D eigenvalue weighted by atomic mass is 35.7. The molecule has 0 saturated carbocycles. The van der Waals surface area contributed by atoms with Gasteiger partial charge in [0.25, 0.3) is 9.05 Å². The van der Waals surface area contributed by atoms with Gasteiger partial charge in [0.05, 0.1) is 9.92 Å². The number of hydrogen-bond acceptors (Lipinski definition) is 3. The lowest BCUT2D eigenvalue weighted by Crippen LogP contribution is -1.91. The van der Waals surface area contributed by atoms with Crippen molar-refractivity contribution in [2.45, 2.75) is 4.90 Å². The summed E-state index contributed by atoms with van der Waals surface area (Å²) in [5.41, 5.74) is 0. The zero-order valence-corrected chi connectivity index (χ0v) is 11.6. The van der Waals surface area contributed by atoms with Crippen molar-refractivity contribution >= 4 is 31.3 Å². The molecule has 0 amide bonds. The molecule has 3 nitrogen and oxygen atoms in total. The van der Waals surface area contributed by atoms with Gasteiger partial charge in [-0.2, -0.15) is 0 Å². The zero-order chi connectivity index (χ0) is 14.0. The Bertz CT molecular complexity index is 699. The smallest absolute Gasteiger partial charge is 0.261 e. The monoisotopic (exact) mass is 320 g/mol. The standard InChI is InChI=1S/C12H7Cl2FO3S/c13-11-7-9(3-6-12(11)15)18-8-1-4-10(5-2-8)19(14,16)17/h1-7H. The molecule has 7 heteroatoms. The molecule has 0 aliphatic rings. The Labute approximate surface area is 119 Å². The largest absolute Gasteiger partial charge is 0.457 e. The van der Waals surface area contributed by atoms with Gasteiger partial charge in [0.15, 0.2) is 0 Å². The predicted octanol–water partition coefficient (Wildman–Crippen LogP) is 4.20. The molecular weight excluding hydrogens is 314 g/mol. The maximum Gasteiger partial charge on any atom is 0.261 e. The molecule has 0 bridgehead atoms. The fraction of sp³-hybridized carbons (Fsp3) is 0. The molecule has 0 aliphatic carbocycles. The molecule has 0 fully saturated rings. The minimum Gasteiger partial charge on any atom is -0.457 e. The van der Waals surface area contributed by atoms with Crippen LogP contribution >= 0.6 is 22.3 Å². The highest BCUT2D eigenvalue weighted by molar-refractivity contribution is 8.13. The summed E-state index contributed by atoms with van der Waals surface area (Å²) >= 11 is 5.61. The van der Waals surface area contributed by atoms with E-state index in [9.17, 15) is 12.8 Å². The molecule has 0 aliphatic heterocycles. The summed E-state index contributed by atoms with van der Waals surface area (Å²) in [6, 6.07) is 9.40. The van der Waals surface area contributed by atoms with E-state index in [2.05, 4.69) is 0 Å². The number of ether oxygens (including phenoxy) is 1. The first-order valence-electron chi connectivity index (χ1n) is 5.04. The molecule has 2 rings (SSSR count). The maximum absolute atomic E-state index is 13.0. The second kappa shape index (κ2) is 5.36. The van der Waals surface area contributed by atoms with Gasteiger partial charge in [-0.1, -0.05) is 11.6 Å². The average molecular weight is 321 g/mol. The number of halogens is 3. The van der Waals surface area contributed by atoms with E-state index in [1.54, 1.807) is 0 Å². The highest BCUT2D eigenvalue weighted by Crippen LogP contribution is 2.27. The SMILES string of the molecule is O=S(=O)(Cl)c1ccc(Oc2ccc(F)c(Cl)c2)cc1. The van der Waals surface area contributed by atoms with Crippen molar-refractivity contribution in [2.24, 2.45) is 0 Å². The van der Waals surface area contributed by atoms with Crippen LogP contribution < -0.4 is 4.74 Å². The third-order valence-corrected chi connectivity index (χ3v) is 3.89. The third kappa shape index (κ3) is 3.59. The molecular formula is C12H7Cl2FO3S. The Morgan fingerprint density at radius 1 is 1.00 bits per heavy atom. The molecule has 100 valence electrons. The van der Waals surface area contributed by atoms with E-state index in [0.29, 0.717) is 11.5 Å². The number of benzene rings is 2. The third-order valence-electron chi connectivity index (χ3n) is 2.23. The van der Waals surface area contributed by atoms with Crippen LogP contribution in [0.1, 0.15) is 0 Å². The first-order valence-corrected chi connectivity index (χ1v) is 7.72. The van der Waals surface area contributed by atoms with Crippen molar-refractivity contribution in [1.29, 1.82) is 0 Å². The summed E-state index contributed by atoms with van der Waals surface area (Å²) in [4.78, 5) is -0.0290. The van der Waals surface area contributed by atoms with Crippen LogP contribution in [0.15, 0.2) is 47.4 Å². The van der Waals surface area contributed by atoms with Gasteiger partial charge in [-0.05, 0) is 36.4 Å². The lowest BCUT2D eigenvalue weighted by Gasteiger charge is -2.06. The van der Waals surface area contributed by atoms with Crippen molar-refractivity contribution in [1.82, 2.24) is 0 Å². The summed E-state index contributed by atoms with van der Waals surface area (Å²) in [5.74, 6) is 0.178. The fourth-order valence-corrected chi connectivity index (χ4v) is 2.29. The van der Waals surface area contributed by atoms with Crippen LogP contribution in [0.3, 0.4) is 0 Å². The van der Waals surface area contributed by atoms with Crippen molar-refractivity contribution in [3.8, 4) is 11.5 Å². The van der Waals surface area contributed by atoms with E-state index in [1.807, 2.05) is 0 Å². The second-order valence-electron chi connectivity index (χ2n) is 3.59. The van der Waals surface area contributed by atoms with Gasteiger partial charge in [0.1, 0.15) is 17.3 Å².